The number of amides is 1. The van der Waals surface area contributed by atoms with Crippen LogP contribution in [-0.2, 0) is 9.53 Å². The van der Waals surface area contributed by atoms with Crippen LogP contribution in [0.3, 0.4) is 0 Å². The van der Waals surface area contributed by atoms with E-state index < -0.39 is 11.2 Å². The molecule has 4 rings (SSSR count). The van der Waals surface area contributed by atoms with Crippen LogP contribution in [0, 0.1) is 0 Å². The maximum Gasteiger partial charge on any atom is 0.341 e. The average molecular weight is 604 g/mol. The number of esters is 1. The summed E-state index contributed by atoms with van der Waals surface area (Å²) in [7, 11) is 0. The van der Waals surface area contributed by atoms with Gasteiger partial charge in [-0.2, -0.15) is 0 Å². The molecule has 0 saturated carbocycles. The molecule has 1 amide bonds. The summed E-state index contributed by atoms with van der Waals surface area (Å²) in [4.78, 5) is 38.4. The standard InChI is InChI=1S/C31H29N3O4S3/c1-4-38-30(37)27-26(22-9-6-5-7-10-22)18-40-29(27)34-28(36)20(3)41-25-12-8-11-24(17-25)33-31(39)32-23-15-13-21(14-16-23)19(2)35/h5-18,20H,4H2,1-3H3,(H,34,36)(H2,32,33,39). The van der Waals surface area contributed by atoms with E-state index in [9.17, 15) is 14.4 Å². The number of thiocarbonyl (C=S) groups is 1. The fourth-order valence-electron chi connectivity index (χ4n) is 3.89. The maximum absolute atomic E-state index is 13.2. The number of rotatable bonds is 10. The topological polar surface area (TPSA) is 96.5 Å². The Hall–Kier alpha value is -3.99. The van der Waals surface area contributed by atoms with E-state index in [-0.39, 0.29) is 18.3 Å². The van der Waals surface area contributed by atoms with E-state index in [1.165, 1.54) is 30.0 Å². The number of thioether (sulfide) groups is 1. The lowest BCUT2D eigenvalue weighted by molar-refractivity contribution is -0.115. The molecule has 3 aromatic carbocycles. The highest BCUT2D eigenvalue weighted by Crippen LogP contribution is 2.37. The van der Waals surface area contributed by atoms with E-state index in [2.05, 4.69) is 16.0 Å². The number of hydrogen-bond donors (Lipinski definition) is 3. The second kappa shape index (κ2) is 14.1. The van der Waals surface area contributed by atoms with Crippen molar-refractivity contribution in [3.63, 3.8) is 0 Å². The Labute approximate surface area is 252 Å². The highest BCUT2D eigenvalue weighted by molar-refractivity contribution is 8.00. The number of benzene rings is 3. The van der Waals surface area contributed by atoms with Gasteiger partial charge in [-0.3, -0.25) is 9.59 Å². The molecule has 0 saturated heterocycles. The van der Waals surface area contributed by atoms with Gasteiger partial charge in [0.05, 0.1) is 11.9 Å². The highest BCUT2D eigenvalue weighted by Gasteiger charge is 2.24. The molecule has 0 spiro atoms. The molecule has 0 aliphatic carbocycles. The van der Waals surface area contributed by atoms with Crippen molar-refractivity contribution in [1.29, 1.82) is 0 Å². The number of ketones is 1. The van der Waals surface area contributed by atoms with Crippen molar-refractivity contribution in [3.8, 4) is 11.1 Å². The monoisotopic (exact) mass is 603 g/mol. The van der Waals surface area contributed by atoms with Crippen LogP contribution in [-0.4, -0.2) is 34.6 Å². The Balaban J connectivity index is 1.40. The maximum atomic E-state index is 13.2. The minimum Gasteiger partial charge on any atom is -0.462 e. The van der Waals surface area contributed by atoms with Crippen LogP contribution in [0.1, 0.15) is 41.5 Å². The summed E-state index contributed by atoms with van der Waals surface area (Å²) in [6.45, 7) is 5.32. The Bertz CT molecular complexity index is 1550. The summed E-state index contributed by atoms with van der Waals surface area (Å²) in [6.07, 6.45) is 0. The largest absolute Gasteiger partial charge is 0.462 e. The van der Waals surface area contributed by atoms with Gasteiger partial charge in [0, 0.05) is 32.8 Å². The molecule has 10 heteroatoms. The molecular formula is C31H29N3O4S3. The number of carbonyl (C=O) groups excluding carboxylic acids is 3. The van der Waals surface area contributed by atoms with Gasteiger partial charge in [0.2, 0.25) is 5.91 Å². The molecule has 0 radical (unpaired) electrons. The predicted octanol–water partition coefficient (Wildman–Crippen LogP) is 7.72. The molecule has 3 N–H and O–H groups in total. The Morgan fingerprint density at radius 3 is 2.32 bits per heavy atom. The fraction of sp³-hybridized carbons (Fsp3) is 0.161. The zero-order valence-corrected chi connectivity index (χ0v) is 25.2. The quantitative estimate of drug-likeness (QED) is 0.0734. The van der Waals surface area contributed by atoms with Crippen LogP contribution in [0.5, 0.6) is 0 Å². The summed E-state index contributed by atoms with van der Waals surface area (Å²) in [6, 6.07) is 24.2. The molecule has 0 aliphatic heterocycles. The van der Waals surface area contributed by atoms with Crippen LogP contribution in [0.25, 0.3) is 11.1 Å². The summed E-state index contributed by atoms with van der Waals surface area (Å²) >= 11 is 8.13. The van der Waals surface area contributed by atoms with Crippen molar-refractivity contribution >= 4 is 74.5 Å². The normalized spacial score (nSPS) is 11.3. The first-order chi connectivity index (χ1) is 19.7. The van der Waals surface area contributed by atoms with Crippen molar-refractivity contribution in [2.75, 3.05) is 22.6 Å². The average Bonchev–Trinajstić information content (AvgIpc) is 3.37. The summed E-state index contributed by atoms with van der Waals surface area (Å²) < 4.78 is 5.30. The number of anilines is 3. The third-order valence-corrected chi connectivity index (χ3v) is 8.11. The van der Waals surface area contributed by atoms with Gasteiger partial charge in [0.25, 0.3) is 0 Å². The van der Waals surface area contributed by atoms with Gasteiger partial charge < -0.3 is 20.7 Å². The first kappa shape index (κ1) is 30.0. The van der Waals surface area contributed by atoms with Crippen LogP contribution >= 0.6 is 35.3 Å². The smallest absolute Gasteiger partial charge is 0.341 e. The summed E-state index contributed by atoms with van der Waals surface area (Å²) in [5, 5.41) is 11.5. The van der Waals surface area contributed by atoms with Crippen molar-refractivity contribution in [2.24, 2.45) is 0 Å². The van der Waals surface area contributed by atoms with Crippen LogP contribution < -0.4 is 16.0 Å². The van der Waals surface area contributed by atoms with Gasteiger partial charge in [-0.15, -0.1) is 23.1 Å². The van der Waals surface area contributed by atoms with Crippen LogP contribution in [0.4, 0.5) is 16.4 Å². The Kier molecular flexibility index (Phi) is 10.3. The molecule has 7 nitrogen and oxygen atoms in total. The number of nitrogens with one attached hydrogen (secondary N) is 3. The van der Waals surface area contributed by atoms with Gasteiger partial charge in [-0.25, -0.2) is 4.79 Å². The summed E-state index contributed by atoms with van der Waals surface area (Å²) in [5.41, 5.74) is 4.11. The molecule has 1 heterocycles. The van der Waals surface area contributed by atoms with Gasteiger partial charge in [-0.05, 0) is 81.0 Å². The number of Topliss-reactive ketones (excluding diaryl/α,β-unsaturated/α-hetero) is 1. The van der Waals surface area contributed by atoms with Crippen molar-refractivity contribution in [1.82, 2.24) is 0 Å². The lowest BCUT2D eigenvalue weighted by atomic mass is 10.0. The van der Waals surface area contributed by atoms with E-state index in [1.807, 2.05) is 66.9 Å². The minimum absolute atomic E-state index is 0.00115. The van der Waals surface area contributed by atoms with Gasteiger partial charge in [0.1, 0.15) is 10.6 Å². The second-order valence-corrected chi connectivity index (χ2v) is 11.6. The number of hydrogen-bond acceptors (Lipinski definition) is 7. The van der Waals surface area contributed by atoms with Crippen molar-refractivity contribution < 1.29 is 19.1 Å². The van der Waals surface area contributed by atoms with E-state index in [0.29, 0.717) is 21.2 Å². The van der Waals surface area contributed by atoms with Crippen molar-refractivity contribution in [3.05, 3.63) is 95.4 Å². The third kappa shape index (κ3) is 8.03. The molecule has 0 bridgehead atoms. The molecule has 1 atom stereocenters. The lowest BCUT2D eigenvalue weighted by Crippen LogP contribution is -2.23. The second-order valence-electron chi connectivity index (χ2n) is 8.93. The predicted molar refractivity (Wildman–Crippen MR) is 172 cm³/mol. The first-order valence-corrected chi connectivity index (χ1v) is 15.0. The van der Waals surface area contributed by atoms with E-state index in [4.69, 9.17) is 17.0 Å². The molecule has 1 unspecified atom stereocenters. The van der Waals surface area contributed by atoms with Gasteiger partial charge in [-0.1, -0.05) is 36.4 Å². The third-order valence-electron chi connectivity index (χ3n) is 5.92. The SMILES string of the molecule is CCOC(=O)c1c(-c2ccccc2)csc1NC(=O)C(C)Sc1cccc(NC(=S)Nc2ccc(C(C)=O)cc2)c1. The van der Waals surface area contributed by atoms with Crippen LogP contribution in [0.2, 0.25) is 0 Å². The molecule has 4 aromatic rings. The first-order valence-electron chi connectivity index (χ1n) is 12.9. The molecule has 41 heavy (non-hydrogen) atoms. The number of thiophene rings is 1. The molecular weight excluding hydrogens is 575 g/mol. The van der Waals surface area contributed by atoms with E-state index in [0.717, 1.165) is 27.4 Å². The van der Waals surface area contributed by atoms with E-state index >= 15 is 0 Å². The van der Waals surface area contributed by atoms with Gasteiger partial charge >= 0.3 is 5.97 Å². The van der Waals surface area contributed by atoms with Crippen molar-refractivity contribution in [2.45, 2.75) is 30.9 Å². The fourth-order valence-corrected chi connectivity index (χ4v) is 6.01. The number of ether oxygens (including phenoxy) is 1. The molecule has 1 aromatic heterocycles. The van der Waals surface area contributed by atoms with Gasteiger partial charge in [0.15, 0.2) is 10.9 Å². The lowest BCUT2D eigenvalue weighted by Gasteiger charge is -2.14. The summed E-state index contributed by atoms with van der Waals surface area (Å²) in [5.74, 6) is -0.700. The van der Waals surface area contributed by atoms with Crippen LogP contribution in [0.15, 0.2) is 89.1 Å². The molecule has 0 fully saturated rings. The zero-order chi connectivity index (χ0) is 29.4. The molecule has 210 valence electrons. The highest BCUT2D eigenvalue weighted by atomic mass is 32.2. The number of carbonyl (C=O) groups is 3. The zero-order valence-electron chi connectivity index (χ0n) is 22.7. The Morgan fingerprint density at radius 1 is 0.927 bits per heavy atom. The van der Waals surface area contributed by atoms with E-state index in [1.54, 1.807) is 31.2 Å². The molecule has 0 aliphatic rings. The minimum atomic E-state index is -0.471. The Morgan fingerprint density at radius 2 is 1.63 bits per heavy atom.